The Hall–Kier alpha value is -0.990. The molecule has 0 spiro atoms. The second-order valence-electron chi connectivity index (χ2n) is 5.27. The summed E-state index contributed by atoms with van der Waals surface area (Å²) in [5.74, 6) is 0. The van der Waals surface area contributed by atoms with E-state index in [0.717, 1.165) is 15.2 Å². The molecular weight excluding hydrogens is 334 g/mol. The van der Waals surface area contributed by atoms with Crippen LogP contribution in [0.2, 0.25) is 5.02 Å². The van der Waals surface area contributed by atoms with E-state index in [0.29, 0.717) is 6.04 Å². The SMILES string of the molecule is Clc1ccc(NC2CCCCc3ccccc32)c(Br)c1. The Morgan fingerprint density at radius 1 is 1.10 bits per heavy atom. The van der Waals surface area contributed by atoms with E-state index < -0.39 is 0 Å². The highest BCUT2D eigenvalue weighted by atomic mass is 79.9. The van der Waals surface area contributed by atoms with Crippen LogP contribution in [0.15, 0.2) is 46.9 Å². The molecule has 3 heteroatoms. The van der Waals surface area contributed by atoms with Gasteiger partial charge in [0.15, 0.2) is 0 Å². The Bertz CT molecular complexity index is 612. The summed E-state index contributed by atoms with van der Waals surface area (Å²) in [4.78, 5) is 0. The fourth-order valence-electron chi connectivity index (χ4n) is 2.87. The molecule has 20 heavy (non-hydrogen) atoms. The lowest BCUT2D eigenvalue weighted by atomic mass is 9.99. The maximum atomic E-state index is 6.01. The van der Waals surface area contributed by atoms with Crippen molar-refractivity contribution < 1.29 is 0 Å². The van der Waals surface area contributed by atoms with Crippen LogP contribution in [0.4, 0.5) is 5.69 Å². The topological polar surface area (TPSA) is 12.0 Å². The number of rotatable bonds is 2. The summed E-state index contributed by atoms with van der Waals surface area (Å²) in [5, 5.41) is 4.42. The minimum absolute atomic E-state index is 0.381. The number of aryl methyl sites for hydroxylation is 1. The molecule has 0 heterocycles. The first-order chi connectivity index (χ1) is 9.74. The van der Waals surface area contributed by atoms with Gasteiger partial charge in [-0.1, -0.05) is 42.3 Å². The molecule has 1 unspecified atom stereocenters. The minimum atomic E-state index is 0.381. The van der Waals surface area contributed by atoms with Gasteiger partial charge in [0, 0.05) is 15.2 Å². The quantitative estimate of drug-likeness (QED) is 0.657. The summed E-state index contributed by atoms with van der Waals surface area (Å²) in [5.41, 5.74) is 4.02. The molecule has 1 nitrogen and oxygen atoms in total. The molecule has 0 saturated carbocycles. The van der Waals surface area contributed by atoms with Crippen molar-refractivity contribution in [3.63, 3.8) is 0 Å². The molecular formula is C17H17BrClN. The van der Waals surface area contributed by atoms with Crippen LogP contribution in [0.3, 0.4) is 0 Å². The average molecular weight is 351 g/mol. The molecule has 0 aromatic heterocycles. The van der Waals surface area contributed by atoms with E-state index in [9.17, 15) is 0 Å². The van der Waals surface area contributed by atoms with Gasteiger partial charge in [0.25, 0.3) is 0 Å². The van der Waals surface area contributed by atoms with Gasteiger partial charge in [0.1, 0.15) is 0 Å². The van der Waals surface area contributed by atoms with Crippen LogP contribution < -0.4 is 5.32 Å². The predicted octanol–water partition coefficient (Wildman–Crippen LogP) is 5.98. The minimum Gasteiger partial charge on any atom is -0.377 e. The zero-order chi connectivity index (χ0) is 13.9. The smallest absolute Gasteiger partial charge is 0.0516 e. The van der Waals surface area contributed by atoms with E-state index in [-0.39, 0.29) is 0 Å². The fraction of sp³-hybridized carbons (Fsp3) is 0.294. The van der Waals surface area contributed by atoms with Gasteiger partial charge < -0.3 is 5.32 Å². The molecule has 0 aliphatic heterocycles. The fourth-order valence-corrected chi connectivity index (χ4v) is 3.66. The Balaban J connectivity index is 1.90. The normalized spacial score (nSPS) is 18.2. The molecule has 0 radical (unpaired) electrons. The third-order valence-corrected chi connectivity index (χ3v) is 4.77. The van der Waals surface area contributed by atoms with Gasteiger partial charge in [0.05, 0.1) is 6.04 Å². The second kappa shape index (κ2) is 6.19. The van der Waals surface area contributed by atoms with Crippen LogP contribution in [-0.2, 0) is 6.42 Å². The number of nitrogens with one attached hydrogen (secondary N) is 1. The van der Waals surface area contributed by atoms with E-state index in [1.807, 2.05) is 18.2 Å². The lowest BCUT2D eigenvalue weighted by Gasteiger charge is -2.21. The van der Waals surface area contributed by atoms with Gasteiger partial charge >= 0.3 is 0 Å². The van der Waals surface area contributed by atoms with Gasteiger partial charge in [-0.05, 0) is 64.5 Å². The molecule has 1 aliphatic carbocycles. The molecule has 0 fully saturated rings. The number of benzene rings is 2. The van der Waals surface area contributed by atoms with Crippen LogP contribution in [0.25, 0.3) is 0 Å². The number of hydrogen-bond donors (Lipinski definition) is 1. The van der Waals surface area contributed by atoms with Crippen molar-refractivity contribution in [1.29, 1.82) is 0 Å². The van der Waals surface area contributed by atoms with Gasteiger partial charge in [-0.2, -0.15) is 0 Å². The molecule has 2 aromatic rings. The van der Waals surface area contributed by atoms with E-state index in [1.165, 1.54) is 36.8 Å². The van der Waals surface area contributed by atoms with E-state index in [2.05, 4.69) is 45.5 Å². The maximum absolute atomic E-state index is 6.01. The van der Waals surface area contributed by atoms with Gasteiger partial charge in [0.2, 0.25) is 0 Å². The predicted molar refractivity (Wildman–Crippen MR) is 89.5 cm³/mol. The van der Waals surface area contributed by atoms with Gasteiger partial charge in [-0.3, -0.25) is 0 Å². The monoisotopic (exact) mass is 349 g/mol. The summed E-state index contributed by atoms with van der Waals surface area (Å²) >= 11 is 9.60. The third kappa shape index (κ3) is 3.02. The zero-order valence-electron chi connectivity index (χ0n) is 11.2. The van der Waals surface area contributed by atoms with Crippen molar-refractivity contribution in [3.8, 4) is 0 Å². The van der Waals surface area contributed by atoms with E-state index in [4.69, 9.17) is 11.6 Å². The Labute approximate surface area is 133 Å². The van der Waals surface area contributed by atoms with Crippen molar-refractivity contribution in [3.05, 3.63) is 63.1 Å². The van der Waals surface area contributed by atoms with Crippen LogP contribution in [-0.4, -0.2) is 0 Å². The lowest BCUT2D eigenvalue weighted by Crippen LogP contribution is -2.11. The highest BCUT2D eigenvalue weighted by Crippen LogP contribution is 2.34. The van der Waals surface area contributed by atoms with Crippen LogP contribution >= 0.6 is 27.5 Å². The van der Waals surface area contributed by atoms with Gasteiger partial charge in [-0.25, -0.2) is 0 Å². The molecule has 0 bridgehead atoms. The van der Waals surface area contributed by atoms with Crippen LogP contribution in [0, 0.1) is 0 Å². The number of halogens is 2. The first-order valence-electron chi connectivity index (χ1n) is 7.03. The molecule has 3 rings (SSSR count). The van der Waals surface area contributed by atoms with Crippen LogP contribution in [0.1, 0.15) is 36.4 Å². The molecule has 0 saturated heterocycles. The van der Waals surface area contributed by atoms with E-state index in [1.54, 1.807) is 0 Å². The lowest BCUT2D eigenvalue weighted by molar-refractivity contribution is 0.644. The maximum Gasteiger partial charge on any atom is 0.0516 e. The Kier molecular flexibility index (Phi) is 4.32. The summed E-state index contributed by atoms with van der Waals surface area (Å²) in [7, 11) is 0. The molecule has 1 atom stereocenters. The number of anilines is 1. The summed E-state index contributed by atoms with van der Waals surface area (Å²) < 4.78 is 1.02. The van der Waals surface area contributed by atoms with Crippen molar-refractivity contribution in [2.45, 2.75) is 31.7 Å². The van der Waals surface area contributed by atoms with Crippen molar-refractivity contribution in [2.75, 3.05) is 5.32 Å². The summed E-state index contributed by atoms with van der Waals surface area (Å²) in [6.07, 6.45) is 4.90. The average Bonchev–Trinajstić information content (AvgIpc) is 2.65. The van der Waals surface area contributed by atoms with Crippen molar-refractivity contribution in [2.24, 2.45) is 0 Å². The zero-order valence-corrected chi connectivity index (χ0v) is 13.5. The Morgan fingerprint density at radius 3 is 2.80 bits per heavy atom. The molecule has 2 aromatic carbocycles. The summed E-state index contributed by atoms with van der Waals surface area (Å²) in [6, 6.07) is 15.1. The third-order valence-electron chi connectivity index (χ3n) is 3.88. The van der Waals surface area contributed by atoms with Crippen molar-refractivity contribution >= 4 is 33.2 Å². The Morgan fingerprint density at radius 2 is 1.95 bits per heavy atom. The standard InChI is InChI=1S/C17H17BrClN/c18-15-11-13(19)9-10-17(15)20-16-8-4-2-6-12-5-1-3-7-14(12)16/h1,3,5,7,9-11,16,20H,2,4,6,8H2. The number of hydrogen-bond acceptors (Lipinski definition) is 1. The number of fused-ring (bicyclic) bond motifs is 1. The highest BCUT2D eigenvalue weighted by Gasteiger charge is 2.18. The first-order valence-corrected chi connectivity index (χ1v) is 8.20. The summed E-state index contributed by atoms with van der Waals surface area (Å²) in [6.45, 7) is 0. The largest absolute Gasteiger partial charge is 0.377 e. The molecule has 1 aliphatic rings. The van der Waals surface area contributed by atoms with Crippen molar-refractivity contribution in [1.82, 2.24) is 0 Å². The molecule has 0 amide bonds. The first kappa shape index (κ1) is 14.0. The molecule has 1 N–H and O–H groups in total. The second-order valence-corrected chi connectivity index (χ2v) is 6.56. The highest BCUT2D eigenvalue weighted by molar-refractivity contribution is 9.10. The van der Waals surface area contributed by atoms with Crippen LogP contribution in [0.5, 0.6) is 0 Å². The van der Waals surface area contributed by atoms with Gasteiger partial charge in [-0.15, -0.1) is 0 Å². The van der Waals surface area contributed by atoms with E-state index >= 15 is 0 Å². The molecule has 104 valence electrons.